The normalized spacial score (nSPS) is 11.0. The first-order valence-corrected chi connectivity index (χ1v) is 9.98. The number of nitrogens with one attached hydrogen (secondary N) is 1. The lowest BCUT2D eigenvalue weighted by Gasteiger charge is -2.06. The molecule has 0 unspecified atom stereocenters. The van der Waals surface area contributed by atoms with Crippen LogP contribution in [0.5, 0.6) is 5.75 Å². The quantitative estimate of drug-likeness (QED) is 0.468. The summed E-state index contributed by atoms with van der Waals surface area (Å²) < 4.78 is 25.5. The van der Waals surface area contributed by atoms with Gasteiger partial charge in [-0.05, 0) is 48.4 Å². The lowest BCUT2D eigenvalue weighted by Crippen LogP contribution is -2.22. The van der Waals surface area contributed by atoms with Crippen LogP contribution in [0, 0.1) is 5.82 Å². The molecule has 0 atom stereocenters. The van der Waals surface area contributed by atoms with Crippen LogP contribution in [-0.2, 0) is 17.8 Å². The Bertz CT molecular complexity index is 1120. The van der Waals surface area contributed by atoms with Crippen LogP contribution in [0.1, 0.15) is 17.7 Å². The van der Waals surface area contributed by atoms with Gasteiger partial charge in [0, 0.05) is 6.42 Å². The van der Waals surface area contributed by atoms with Gasteiger partial charge >= 0.3 is 0 Å². The van der Waals surface area contributed by atoms with E-state index in [1.807, 2.05) is 36.4 Å². The Hall–Kier alpha value is -3.19. The van der Waals surface area contributed by atoms with E-state index in [0.29, 0.717) is 24.5 Å². The van der Waals surface area contributed by atoms with Crippen molar-refractivity contribution in [1.82, 2.24) is 10.3 Å². The molecule has 0 fully saturated rings. The molecule has 0 saturated carbocycles. The molecule has 7 heteroatoms. The van der Waals surface area contributed by atoms with Gasteiger partial charge in [-0.2, -0.15) is 0 Å². The molecule has 2 aromatic heterocycles. The third-order valence-corrected chi connectivity index (χ3v) is 5.53. The number of carbonyl (C=O) groups excluding carboxylic acids is 1. The molecular weight excluding hydrogens is 391 g/mol. The third-order valence-electron chi connectivity index (χ3n) is 4.48. The molecule has 0 bridgehead atoms. The van der Waals surface area contributed by atoms with Crippen molar-refractivity contribution in [1.29, 1.82) is 0 Å². The number of amides is 1. The Morgan fingerprint density at radius 1 is 1.21 bits per heavy atom. The zero-order valence-corrected chi connectivity index (χ0v) is 16.6. The van der Waals surface area contributed by atoms with Gasteiger partial charge in [0.15, 0.2) is 22.3 Å². The lowest BCUT2D eigenvalue weighted by atomic mass is 10.1. The Kier molecular flexibility index (Phi) is 5.57. The fraction of sp³-hybridized carbons (Fsp3) is 0.182. The summed E-state index contributed by atoms with van der Waals surface area (Å²) in [5.74, 6) is 0.981. The highest BCUT2D eigenvalue weighted by Crippen LogP contribution is 2.31. The van der Waals surface area contributed by atoms with Gasteiger partial charge in [0.1, 0.15) is 5.76 Å². The van der Waals surface area contributed by atoms with Gasteiger partial charge < -0.3 is 14.5 Å². The maximum Gasteiger partial charge on any atom is 0.220 e. The molecule has 29 heavy (non-hydrogen) atoms. The first-order valence-electron chi connectivity index (χ1n) is 9.16. The summed E-state index contributed by atoms with van der Waals surface area (Å²) in [6.07, 6.45) is 0.707. The van der Waals surface area contributed by atoms with Crippen molar-refractivity contribution in [2.24, 2.45) is 0 Å². The number of thiazole rings is 1. The number of ether oxygens (including phenoxy) is 1. The number of halogens is 1. The van der Waals surface area contributed by atoms with Gasteiger partial charge in [-0.25, -0.2) is 9.37 Å². The van der Waals surface area contributed by atoms with E-state index in [4.69, 9.17) is 9.15 Å². The topological polar surface area (TPSA) is 64.4 Å². The molecule has 2 aromatic carbocycles. The molecule has 4 rings (SSSR count). The average molecular weight is 410 g/mol. The Labute approximate surface area is 171 Å². The van der Waals surface area contributed by atoms with E-state index >= 15 is 0 Å². The number of furan rings is 1. The van der Waals surface area contributed by atoms with Crippen LogP contribution in [-0.4, -0.2) is 18.0 Å². The van der Waals surface area contributed by atoms with Crippen molar-refractivity contribution in [3.05, 3.63) is 71.7 Å². The fourth-order valence-corrected chi connectivity index (χ4v) is 3.89. The van der Waals surface area contributed by atoms with Crippen molar-refractivity contribution in [3.63, 3.8) is 0 Å². The van der Waals surface area contributed by atoms with Crippen molar-refractivity contribution >= 4 is 27.5 Å². The number of hydrogen-bond donors (Lipinski definition) is 1. The van der Waals surface area contributed by atoms with E-state index < -0.39 is 5.82 Å². The fourth-order valence-electron chi connectivity index (χ4n) is 2.96. The average Bonchev–Trinajstić information content (AvgIpc) is 3.37. The van der Waals surface area contributed by atoms with Crippen LogP contribution in [0.25, 0.3) is 21.0 Å². The van der Waals surface area contributed by atoms with Crippen molar-refractivity contribution in [3.8, 4) is 16.5 Å². The summed E-state index contributed by atoms with van der Waals surface area (Å²) in [6, 6.07) is 16.3. The van der Waals surface area contributed by atoms with Crippen LogP contribution in [0.3, 0.4) is 0 Å². The zero-order valence-electron chi connectivity index (χ0n) is 15.8. The van der Waals surface area contributed by atoms with Crippen LogP contribution < -0.4 is 10.1 Å². The Morgan fingerprint density at radius 3 is 2.86 bits per heavy atom. The highest BCUT2D eigenvalue weighted by molar-refractivity contribution is 7.21. The number of aromatic nitrogens is 1. The number of aryl methyl sites for hydroxylation is 1. The zero-order chi connectivity index (χ0) is 20.2. The third kappa shape index (κ3) is 4.46. The number of nitrogens with zero attached hydrogens (tertiary/aromatic N) is 1. The van der Waals surface area contributed by atoms with Crippen molar-refractivity contribution in [2.75, 3.05) is 7.11 Å². The van der Waals surface area contributed by atoms with E-state index in [-0.39, 0.29) is 18.1 Å². The summed E-state index contributed by atoms with van der Waals surface area (Å²) in [5.41, 5.74) is 1.68. The number of methoxy groups -OCH3 is 1. The number of para-hydroxylation sites is 1. The summed E-state index contributed by atoms with van der Waals surface area (Å²) in [7, 11) is 1.42. The van der Waals surface area contributed by atoms with Crippen molar-refractivity contribution < 1.29 is 18.3 Å². The Balaban J connectivity index is 1.31. The highest BCUT2D eigenvalue weighted by Gasteiger charge is 2.11. The second-order valence-corrected chi connectivity index (χ2v) is 7.53. The van der Waals surface area contributed by atoms with Crippen LogP contribution in [0.2, 0.25) is 0 Å². The molecule has 0 radical (unpaired) electrons. The van der Waals surface area contributed by atoms with E-state index in [1.54, 1.807) is 23.5 Å². The predicted molar refractivity (Wildman–Crippen MR) is 110 cm³/mol. The number of fused-ring (bicyclic) bond motifs is 1. The van der Waals surface area contributed by atoms with Crippen molar-refractivity contribution in [2.45, 2.75) is 19.4 Å². The van der Waals surface area contributed by atoms with E-state index in [9.17, 15) is 9.18 Å². The van der Waals surface area contributed by atoms with Gasteiger partial charge in [-0.1, -0.05) is 18.2 Å². The summed E-state index contributed by atoms with van der Waals surface area (Å²) >= 11 is 1.57. The maximum atomic E-state index is 13.7. The molecule has 2 heterocycles. The van der Waals surface area contributed by atoms with Gasteiger partial charge in [-0.15, -0.1) is 11.3 Å². The first kappa shape index (κ1) is 19.1. The standard InChI is InChI=1S/C22H19FN2O3S/c1-27-18-9-6-14(12-16(18)23)7-11-21(26)24-13-15-8-10-19(28-15)22-25-17-4-2-3-5-20(17)29-22/h2-6,8-10,12H,7,11,13H2,1H3,(H,24,26). The summed E-state index contributed by atoms with van der Waals surface area (Å²) in [5, 5.41) is 3.64. The second-order valence-electron chi connectivity index (χ2n) is 6.50. The SMILES string of the molecule is COc1ccc(CCC(=O)NCc2ccc(-c3nc4ccccc4s3)o2)cc1F. The minimum absolute atomic E-state index is 0.126. The molecule has 1 N–H and O–H groups in total. The Morgan fingerprint density at radius 2 is 2.07 bits per heavy atom. The maximum absolute atomic E-state index is 13.7. The lowest BCUT2D eigenvalue weighted by molar-refractivity contribution is -0.121. The molecule has 4 aromatic rings. The molecule has 0 saturated heterocycles. The first-order chi connectivity index (χ1) is 14.1. The number of benzene rings is 2. The predicted octanol–water partition coefficient (Wildman–Crippen LogP) is 4.95. The van der Waals surface area contributed by atoms with E-state index in [2.05, 4.69) is 10.3 Å². The van der Waals surface area contributed by atoms with Crippen LogP contribution in [0.15, 0.2) is 59.0 Å². The van der Waals surface area contributed by atoms with Gasteiger partial charge in [0.2, 0.25) is 5.91 Å². The van der Waals surface area contributed by atoms with Crippen LogP contribution in [0.4, 0.5) is 4.39 Å². The van der Waals surface area contributed by atoms with Crippen LogP contribution >= 0.6 is 11.3 Å². The largest absolute Gasteiger partial charge is 0.494 e. The smallest absolute Gasteiger partial charge is 0.220 e. The van der Waals surface area contributed by atoms with E-state index in [0.717, 1.165) is 20.8 Å². The van der Waals surface area contributed by atoms with Gasteiger partial charge in [0.25, 0.3) is 0 Å². The number of rotatable bonds is 7. The number of carbonyl (C=O) groups is 1. The molecule has 0 aliphatic heterocycles. The molecule has 5 nitrogen and oxygen atoms in total. The molecule has 148 valence electrons. The molecule has 1 amide bonds. The molecule has 0 aliphatic carbocycles. The van der Waals surface area contributed by atoms with Gasteiger partial charge in [-0.3, -0.25) is 4.79 Å². The van der Waals surface area contributed by atoms with Gasteiger partial charge in [0.05, 0.1) is 23.9 Å². The minimum Gasteiger partial charge on any atom is -0.494 e. The highest BCUT2D eigenvalue weighted by atomic mass is 32.1. The monoisotopic (exact) mass is 410 g/mol. The second kappa shape index (κ2) is 8.45. The molecule has 0 aliphatic rings. The summed E-state index contributed by atoms with van der Waals surface area (Å²) in [4.78, 5) is 16.7. The number of hydrogen-bond acceptors (Lipinski definition) is 5. The van der Waals surface area contributed by atoms with E-state index in [1.165, 1.54) is 13.2 Å². The molecule has 0 spiro atoms. The molecular formula is C22H19FN2O3S. The summed E-state index contributed by atoms with van der Waals surface area (Å²) in [6.45, 7) is 0.292. The minimum atomic E-state index is -0.427.